The van der Waals surface area contributed by atoms with Crippen molar-refractivity contribution in [2.24, 2.45) is 22.7 Å². The van der Waals surface area contributed by atoms with E-state index < -0.39 is 41.7 Å². The van der Waals surface area contributed by atoms with Crippen molar-refractivity contribution in [3.8, 4) is 0 Å². The molecule has 5 N–H and O–H groups in total. The van der Waals surface area contributed by atoms with Gasteiger partial charge in [0.25, 0.3) is 0 Å². The van der Waals surface area contributed by atoms with Gasteiger partial charge < -0.3 is 30.3 Å². The maximum Gasteiger partial charge on any atom is 0.123 e. The predicted molar refractivity (Wildman–Crippen MR) is 103 cm³/mol. The Bertz CT molecular complexity index is 678. The molecule has 28 heavy (non-hydrogen) atoms. The van der Waals surface area contributed by atoms with Crippen LogP contribution in [0.5, 0.6) is 0 Å². The molecule has 0 radical (unpaired) electrons. The molecule has 1 saturated heterocycles. The molecule has 0 aromatic rings. The van der Waals surface area contributed by atoms with E-state index in [0.717, 1.165) is 19.3 Å². The average Bonchev–Trinajstić information content (AvgIpc) is 2.61. The van der Waals surface area contributed by atoms with E-state index >= 15 is 0 Å². The molecule has 4 fully saturated rings. The van der Waals surface area contributed by atoms with Crippen LogP contribution in [0.1, 0.15) is 59.8 Å². The highest BCUT2D eigenvalue weighted by Crippen LogP contribution is 2.66. The molecule has 0 spiro atoms. The number of ether oxygens (including phenoxy) is 1. The maximum absolute atomic E-state index is 11.5. The number of fused-ring (bicyclic) bond motifs is 4. The number of hydrogen-bond donors (Lipinski definition) is 5. The van der Waals surface area contributed by atoms with Crippen molar-refractivity contribution in [3.63, 3.8) is 0 Å². The Balaban J connectivity index is 1.80. The highest BCUT2D eigenvalue weighted by molar-refractivity contribution is 5.28. The van der Waals surface area contributed by atoms with E-state index in [1.165, 1.54) is 0 Å². The molecule has 6 heteroatoms. The molecule has 4 rings (SSSR count). The molecule has 0 aromatic heterocycles. The first kappa shape index (κ1) is 20.8. The zero-order chi connectivity index (χ0) is 20.9. The molecule has 1 heterocycles. The zero-order valence-electron chi connectivity index (χ0n) is 17.4. The quantitative estimate of drug-likeness (QED) is 0.393. The summed E-state index contributed by atoms with van der Waals surface area (Å²) in [6, 6.07) is 0. The highest BCUT2D eigenvalue weighted by atomic mass is 16.6. The summed E-state index contributed by atoms with van der Waals surface area (Å²) >= 11 is 0. The molecular weight excluding hydrogens is 360 g/mol. The van der Waals surface area contributed by atoms with Crippen LogP contribution >= 0.6 is 0 Å². The molecule has 6 nitrogen and oxygen atoms in total. The summed E-state index contributed by atoms with van der Waals surface area (Å²) in [6.45, 7) is 12.3. The van der Waals surface area contributed by atoms with Gasteiger partial charge in [0, 0.05) is 0 Å². The SMILES string of the molecule is C=C1C(O)C(O)C2(O)CC3C4(C)CCCC(C)(C)C4CC(O)C3(C)OC2C1O. The monoisotopic (exact) mass is 396 g/mol. The van der Waals surface area contributed by atoms with Gasteiger partial charge in [-0.25, -0.2) is 0 Å². The summed E-state index contributed by atoms with van der Waals surface area (Å²) in [7, 11) is 0. The smallest absolute Gasteiger partial charge is 0.123 e. The fourth-order valence-corrected chi connectivity index (χ4v) is 7.40. The molecule has 10 unspecified atom stereocenters. The summed E-state index contributed by atoms with van der Waals surface area (Å²) in [4.78, 5) is 0. The Morgan fingerprint density at radius 2 is 1.61 bits per heavy atom. The van der Waals surface area contributed by atoms with Gasteiger partial charge in [-0.15, -0.1) is 0 Å². The lowest BCUT2D eigenvalue weighted by atomic mass is 9.42. The predicted octanol–water partition coefficient (Wildman–Crippen LogP) is 1.13. The second-order valence-corrected chi connectivity index (χ2v) is 11.0. The van der Waals surface area contributed by atoms with E-state index in [9.17, 15) is 25.5 Å². The van der Waals surface area contributed by atoms with Crippen molar-refractivity contribution in [2.45, 2.75) is 102 Å². The van der Waals surface area contributed by atoms with Crippen molar-refractivity contribution in [1.29, 1.82) is 0 Å². The third-order valence-corrected chi connectivity index (χ3v) is 9.15. The van der Waals surface area contributed by atoms with Crippen molar-refractivity contribution < 1.29 is 30.3 Å². The summed E-state index contributed by atoms with van der Waals surface area (Å²) < 4.78 is 6.30. The Kier molecular flexibility index (Phi) is 4.46. The van der Waals surface area contributed by atoms with Crippen molar-refractivity contribution in [1.82, 2.24) is 0 Å². The molecule has 0 bridgehead atoms. The Morgan fingerprint density at radius 1 is 0.964 bits per heavy atom. The van der Waals surface area contributed by atoms with Crippen molar-refractivity contribution in [3.05, 3.63) is 12.2 Å². The number of aliphatic hydroxyl groups excluding tert-OH is 4. The molecule has 3 saturated carbocycles. The van der Waals surface area contributed by atoms with E-state index in [0.29, 0.717) is 6.42 Å². The van der Waals surface area contributed by atoms with E-state index in [2.05, 4.69) is 27.4 Å². The molecule has 10 atom stereocenters. The third-order valence-electron chi connectivity index (χ3n) is 9.15. The topological polar surface area (TPSA) is 110 Å². The Morgan fingerprint density at radius 3 is 2.25 bits per heavy atom. The maximum atomic E-state index is 11.5. The lowest BCUT2D eigenvalue weighted by molar-refractivity contribution is -0.353. The van der Waals surface area contributed by atoms with E-state index in [1.54, 1.807) is 0 Å². The van der Waals surface area contributed by atoms with E-state index in [4.69, 9.17) is 4.74 Å². The normalized spacial score (nSPS) is 58.5. The summed E-state index contributed by atoms with van der Waals surface area (Å²) in [5.41, 5.74) is -2.82. The first-order chi connectivity index (χ1) is 12.8. The first-order valence-electron chi connectivity index (χ1n) is 10.6. The second kappa shape index (κ2) is 6.02. The molecule has 3 aliphatic carbocycles. The van der Waals surface area contributed by atoms with Crippen LogP contribution in [0.15, 0.2) is 12.2 Å². The standard InChI is InChI=1S/C22H36O6/c1-11-15(24)17(26)22(27)10-13-20(4)8-6-7-19(2,3)12(20)9-14(23)21(13,5)28-18(22)16(11)25/h12-18,23-27H,1,6-10H2,2-5H3. The summed E-state index contributed by atoms with van der Waals surface area (Å²) in [6.07, 6.45) is -2.17. The lowest BCUT2D eigenvalue weighted by Gasteiger charge is -2.68. The van der Waals surface area contributed by atoms with Gasteiger partial charge in [-0.05, 0) is 60.8 Å². The first-order valence-corrected chi connectivity index (χ1v) is 10.6. The highest BCUT2D eigenvalue weighted by Gasteiger charge is 2.70. The summed E-state index contributed by atoms with van der Waals surface area (Å²) in [5.74, 6) is 0.0473. The van der Waals surface area contributed by atoms with Gasteiger partial charge >= 0.3 is 0 Å². The minimum Gasteiger partial charge on any atom is -0.390 e. The number of rotatable bonds is 0. The molecule has 0 aromatic carbocycles. The van der Waals surface area contributed by atoms with Crippen molar-refractivity contribution in [2.75, 3.05) is 0 Å². The molecule has 160 valence electrons. The Labute approximate surface area is 167 Å². The van der Waals surface area contributed by atoms with Crippen LogP contribution in [0.4, 0.5) is 0 Å². The van der Waals surface area contributed by atoms with Crippen LogP contribution in [0.25, 0.3) is 0 Å². The van der Waals surface area contributed by atoms with Crippen LogP contribution in [0.3, 0.4) is 0 Å². The van der Waals surface area contributed by atoms with E-state index in [-0.39, 0.29) is 34.7 Å². The van der Waals surface area contributed by atoms with Crippen LogP contribution in [0, 0.1) is 22.7 Å². The molecule has 1 aliphatic heterocycles. The van der Waals surface area contributed by atoms with Crippen LogP contribution in [-0.4, -0.2) is 67.3 Å². The van der Waals surface area contributed by atoms with Gasteiger partial charge in [-0.2, -0.15) is 0 Å². The molecule has 0 amide bonds. The lowest BCUT2D eigenvalue weighted by Crippen LogP contribution is -2.77. The van der Waals surface area contributed by atoms with Gasteiger partial charge in [-0.3, -0.25) is 0 Å². The van der Waals surface area contributed by atoms with E-state index in [1.807, 2.05) is 6.92 Å². The largest absolute Gasteiger partial charge is 0.390 e. The minimum atomic E-state index is -1.80. The van der Waals surface area contributed by atoms with Crippen LogP contribution in [-0.2, 0) is 4.74 Å². The van der Waals surface area contributed by atoms with Crippen LogP contribution in [0.2, 0.25) is 0 Å². The minimum absolute atomic E-state index is 0.0393. The number of aliphatic hydroxyl groups is 5. The zero-order valence-corrected chi connectivity index (χ0v) is 17.4. The van der Waals surface area contributed by atoms with Gasteiger partial charge in [0.1, 0.15) is 30.0 Å². The van der Waals surface area contributed by atoms with Gasteiger partial charge in [-0.1, -0.05) is 33.8 Å². The van der Waals surface area contributed by atoms with Gasteiger partial charge in [0.05, 0.1) is 11.7 Å². The fraction of sp³-hybridized carbons (Fsp3) is 0.909. The second-order valence-electron chi connectivity index (χ2n) is 11.0. The number of hydrogen-bond acceptors (Lipinski definition) is 6. The molecule has 4 aliphatic rings. The Hall–Kier alpha value is -0.500. The fourth-order valence-electron chi connectivity index (χ4n) is 7.40. The van der Waals surface area contributed by atoms with Gasteiger partial charge in [0.2, 0.25) is 0 Å². The average molecular weight is 397 g/mol. The summed E-state index contributed by atoms with van der Waals surface area (Å²) in [5, 5.41) is 54.4. The van der Waals surface area contributed by atoms with Gasteiger partial charge in [0.15, 0.2) is 0 Å². The van der Waals surface area contributed by atoms with Crippen LogP contribution < -0.4 is 0 Å². The third kappa shape index (κ3) is 2.42. The molecular formula is C22H36O6. The van der Waals surface area contributed by atoms with Crippen molar-refractivity contribution >= 4 is 0 Å².